The molecule has 1 aliphatic heterocycles. The lowest BCUT2D eigenvalue weighted by Crippen LogP contribution is -2.37. The molecule has 0 aliphatic carbocycles. The minimum absolute atomic E-state index is 0.164. The van der Waals surface area contributed by atoms with Gasteiger partial charge in [0.1, 0.15) is 11.4 Å². The number of morpholine rings is 1. The fourth-order valence-corrected chi connectivity index (χ4v) is 3.42. The van der Waals surface area contributed by atoms with E-state index < -0.39 is 0 Å². The van der Waals surface area contributed by atoms with Gasteiger partial charge in [-0.05, 0) is 37.1 Å². The minimum Gasteiger partial charge on any atom is -0.492 e. The van der Waals surface area contributed by atoms with Gasteiger partial charge in [-0.15, -0.1) is 0 Å². The third kappa shape index (κ3) is 5.70. The van der Waals surface area contributed by atoms with Crippen molar-refractivity contribution in [1.82, 2.24) is 20.0 Å². The van der Waals surface area contributed by atoms with Gasteiger partial charge in [-0.3, -0.25) is 14.4 Å². The summed E-state index contributed by atoms with van der Waals surface area (Å²) in [5.74, 6) is 0.503. The quantitative estimate of drug-likeness (QED) is 0.682. The van der Waals surface area contributed by atoms with Crippen molar-refractivity contribution in [3.63, 3.8) is 0 Å². The zero-order valence-corrected chi connectivity index (χ0v) is 17.2. The first-order valence-electron chi connectivity index (χ1n) is 9.53. The summed E-state index contributed by atoms with van der Waals surface area (Å²) >= 11 is 6.34. The summed E-state index contributed by atoms with van der Waals surface area (Å²) in [6, 6.07) is 7.36. The molecule has 1 amide bonds. The Morgan fingerprint density at radius 1 is 1.32 bits per heavy atom. The number of carbonyl (C=O) groups is 1. The molecule has 8 heteroatoms. The standard InChI is InChI=1S/C20H27ClN4O3/c1-15-12-18(24(2)23-15)20(26)22-14-16-4-5-19(17(21)13-16)28-9-3-6-25-7-10-27-11-8-25/h4-5,12-13H,3,6-11,14H2,1-2H3,(H,22,26). The molecule has 1 N–H and O–H groups in total. The van der Waals surface area contributed by atoms with E-state index in [1.54, 1.807) is 17.8 Å². The van der Waals surface area contributed by atoms with Gasteiger partial charge in [-0.2, -0.15) is 5.10 Å². The number of aryl methyl sites for hydroxylation is 2. The molecule has 1 aliphatic rings. The summed E-state index contributed by atoms with van der Waals surface area (Å²) in [5, 5.41) is 7.63. The van der Waals surface area contributed by atoms with E-state index in [-0.39, 0.29) is 5.91 Å². The van der Waals surface area contributed by atoms with Gasteiger partial charge in [-0.1, -0.05) is 17.7 Å². The van der Waals surface area contributed by atoms with Crippen LogP contribution in [-0.4, -0.2) is 60.0 Å². The van der Waals surface area contributed by atoms with Crippen molar-refractivity contribution < 1.29 is 14.3 Å². The van der Waals surface area contributed by atoms with Gasteiger partial charge in [0, 0.05) is 33.2 Å². The highest BCUT2D eigenvalue weighted by Crippen LogP contribution is 2.25. The number of carbonyl (C=O) groups excluding carboxylic acids is 1. The van der Waals surface area contributed by atoms with E-state index in [1.165, 1.54) is 0 Å². The molecule has 0 unspecified atom stereocenters. The number of amides is 1. The second-order valence-corrected chi connectivity index (χ2v) is 7.31. The van der Waals surface area contributed by atoms with Gasteiger partial charge in [0.2, 0.25) is 0 Å². The van der Waals surface area contributed by atoms with Crippen LogP contribution in [0.15, 0.2) is 24.3 Å². The number of nitrogens with one attached hydrogen (secondary N) is 1. The van der Waals surface area contributed by atoms with Crippen molar-refractivity contribution in [2.75, 3.05) is 39.5 Å². The van der Waals surface area contributed by atoms with E-state index in [1.807, 2.05) is 25.1 Å². The van der Waals surface area contributed by atoms with Crippen molar-refractivity contribution in [1.29, 1.82) is 0 Å². The molecule has 2 heterocycles. The van der Waals surface area contributed by atoms with Crippen molar-refractivity contribution in [2.45, 2.75) is 19.9 Å². The van der Waals surface area contributed by atoms with Crippen molar-refractivity contribution in [3.8, 4) is 5.75 Å². The molecule has 152 valence electrons. The third-order valence-corrected chi connectivity index (χ3v) is 4.96. The summed E-state index contributed by atoms with van der Waals surface area (Å²) in [6.07, 6.45) is 0.943. The number of nitrogens with zero attached hydrogens (tertiary/aromatic N) is 3. The first kappa shape index (κ1) is 20.6. The number of ether oxygens (including phenoxy) is 2. The monoisotopic (exact) mass is 406 g/mol. The molecule has 1 fully saturated rings. The number of rotatable bonds is 8. The average molecular weight is 407 g/mol. The molecule has 1 saturated heterocycles. The van der Waals surface area contributed by atoms with Crippen LogP contribution in [0.3, 0.4) is 0 Å². The van der Waals surface area contributed by atoms with Crippen LogP contribution in [0.1, 0.15) is 28.2 Å². The van der Waals surface area contributed by atoms with Crippen LogP contribution in [-0.2, 0) is 18.3 Å². The van der Waals surface area contributed by atoms with Crippen molar-refractivity contribution in [3.05, 3.63) is 46.2 Å². The fraction of sp³-hybridized carbons (Fsp3) is 0.500. The Hall–Kier alpha value is -2.09. The van der Waals surface area contributed by atoms with E-state index in [4.69, 9.17) is 21.1 Å². The molecule has 0 spiro atoms. The highest BCUT2D eigenvalue weighted by atomic mass is 35.5. The van der Waals surface area contributed by atoms with Gasteiger partial charge >= 0.3 is 0 Å². The molecule has 3 rings (SSSR count). The second-order valence-electron chi connectivity index (χ2n) is 6.90. The van der Waals surface area contributed by atoms with Crippen LogP contribution in [0.2, 0.25) is 5.02 Å². The number of hydrogen-bond acceptors (Lipinski definition) is 5. The van der Waals surface area contributed by atoms with Gasteiger partial charge in [0.25, 0.3) is 5.91 Å². The molecular weight excluding hydrogens is 380 g/mol. The zero-order valence-electron chi connectivity index (χ0n) is 16.4. The fourth-order valence-electron chi connectivity index (χ4n) is 3.16. The van der Waals surface area contributed by atoms with Crippen LogP contribution >= 0.6 is 11.6 Å². The van der Waals surface area contributed by atoms with E-state index in [9.17, 15) is 4.79 Å². The summed E-state index contributed by atoms with van der Waals surface area (Å²) in [7, 11) is 1.75. The molecule has 0 bridgehead atoms. The van der Waals surface area contributed by atoms with Crippen LogP contribution in [0.4, 0.5) is 0 Å². The maximum absolute atomic E-state index is 12.3. The molecule has 2 aromatic rings. The Balaban J connectivity index is 1.44. The lowest BCUT2D eigenvalue weighted by atomic mass is 10.2. The van der Waals surface area contributed by atoms with E-state index in [0.29, 0.717) is 29.6 Å². The molecule has 1 aromatic heterocycles. The number of halogens is 1. The van der Waals surface area contributed by atoms with Crippen LogP contribution in [0.5, 0.6) is 5.75 Å². The van der Waals surface area contributed by atoms with Crippen molar-refractivity contribution >= 4 is 17.5 Å². The van der Waals surface area contributed by atoms with Crippen molar-refractivity contribution in [2.24, 2.45) is 7.05 Å². The van der Waals surface area contributed by atoms with Crippen LogP contribution in [0.25, 0.3) is 0 Å². The number of benzene rings is 1. The predicted molar refractivity (Wildman–Crippen MR) is 108 cm³/mol. The summed E-state index contributed by atoms with van der Waals surface area (Å²) < 4.78 is 12.7. The Labute approximate surface area is 170 Å². The zero-order chi connectivity index (χ0) is 19.9. The SMILES string of the molecule is Cc1cc(C(=O)NCc2ccc(OCCCN3CCOCC3)c(Cl)c2)n(C)n1. The number of aromatic nitrogens is 2. The molecule has 28 heavy (non-hydrogen) atoms. The molecule has 0 saturated carbocycles. The number of hydrogen-bond donors (Lipinski definition) is 1. The smallest absolute Gasteiger partial charge is 0.269 e. The molecule has 1 aromatic carbocycles. The lowest BCUT2D eigenvalue weighted by molar-refractivity contribution is 0.0358. The van der Waals surface area contributed by atoms with Gasteiger partial charge < -0.3 is 14.8 Å². The highest BCUT2D eigenvalue weighted by Gasteiger charge is 2.12. The molecule has 0 radical (unpaired) electrons. The maximum atomic E-state index is 12.3. The Morgan fingerprint density at radius 2 is 2.11 bits per heavy atom. The average Bonchev–Trinajstić information content (AvgIpc) is 3.03. The van der Waals surface area contributed by atoms with Crippen LogP contribution in [0, 0.1) is 6.92 Å². The van der Waals surface area contributed by atoms with Gasteiger partial charge in [-0.25, -0.2) is 0 Å². The molecule has 7 nitrogen and oxygen atoms in total. The molecular formula is C20H27ClN4O3. The van der Waals surface area contributed by atoms with E-state index >= 15 is 0 Å². The Kier molecular flexibility index (Phi) is 7.30. The third-order valence-electron chi connectivity index (χ3n) is 4.66. The second kappa shape index (κ2) is 9.91. The van der Waals surface area contributed by atoms with Gasteiger partial charge in [0.15, 0.2) is 0 Å². The predicted octanol–water partition coefficient (Wildman–Crippen LogP) is 2.41. The lowest BCUT2D eigenvalue weighted by Gasteiger charge is -2.26. The van der Waals surface area contributed by atoms with Gasteiger partial charge in [0.05, 0.1) is 30.5 Å². The topological polar surface area (TPSA) is 68.6 Å². The van der Waals surface area contributed by atoms with E-state index in [2.05, 4.69) is 15.3 Å². The molecule has 0 atom stereocenters. The maximum Gasteiger partial charge on any atom is 0.269 e. The van der Waals surface area contributed by atoms with Crippen LogP contribution < -0.4 is 10.1 Å². The van der Waals surface area contributed by atoms with E-state index in [0.717, 1.165) is 50.5 Å². The summed E-state index contributed by atoms with van der Waals surface area (Å²) in [4.78, 5) is 14.6. The Bertz CT molecular complexity index is 803. The Morgan fingerprint density at radius 3 is 2.79 bits per heavy atom. The first-order chi connectivity index (χ1) is 13.5. The minimum atomic E-state index is -0.164. The normalized spacial score (nSPS) is 14.8. The first-order valence-corrected chi connectivity index (χ1v) is 9.91. The summed E-state index contributed by atoms with van der Waals surface area (Å²) in [5.41, 5.74) is 2.26. The summed E-state index contributed by atoms with van der Waals surface area (Å²) in [6.45, 7) is 7.46. The largest absolute Gasteiger partial charge is 0.492 e. The highest BCUT2D eigenvalue weighted by molar-refractivity contribution is 6.32.